The molecule has 0 saturated carbocycles. The van der Waals surface area contributed by atoms with Gasteiger partial charge >= 0.3 is 12.1 Å². The molecule has 4 aromatic rings. The zero-order valence-corrected chi connectivity index (χ0v) is 19.4. The van der Waals surface area contributed by atoms with Crippen molar-refractivity contribution in [1.82, 2.24) is 9.97 Å². The molecule has 0 amide bonds. The lowest BCUT2D eigenvalue weighted by Gasteiger charge is -2.11. The smallest absolute Gasteiger partial charge is 0.425 e. The minimum atomic E-state index is -4.51. The van der Waals surface area contributed by atoms with E-state index < -0.39 is 17.0 Å². The van der Waals surface area contributed by atoms with Crippen LogP contribution in [0.3, 0.4) is 0 Å². The van der Waals surface area contributed by atoms with Gasteiger partial charge in [-0.2, -0.15) is 13.2 Å². The molecule has 4 rings (SSSR count). The van der Waals surface area contributed by atoms with Gasteiger partial charge in [0.2, 0.25) is 0 Å². The number of carbonyl (C=O) groups excluding carboxylic acids is 1. The zero-order valence-electron chi connectivity index (χ0n) is 17.9. The standard InChI is InChI=1S/C23H17ClF3N3O3S/c1-32-17-8-3-12(9-16(17)24)11-28-20-15-10-18(23(25,26)27)34-21(15)30-19(29-20)13-4-6-14(7-5-13)22(31)33-2/h3-10H,11H2,1-2H3,(H,28,29,30). The molecule has 0 bridgehead atoms. The second kappa shape index (κ2) is 9.47. The number of rotatable bonds is 6. The molecular weight excluding hydrogens is 491 g/mol. The summed E-state index contributed by atoms with van der Waals surface area (Å²) in [5.74, 6) is 0.474. The Balaban J connectivity index is 1.73. The number of aromatic nitrogens is 2. The van der Waals surface area contributed by atoms with Crippen molar-refractivity contribution in [2.75, 3.05) is 19.5 Å². The molecule has 6 nitrogen and oxygen atoms in total. The Bertz CT molecular complexity index is 1360. The van der Waals surface area contributed by atoms with Crippen molar-refractivity contribution in [3.05, 3.63) is 69.6 Å². The second-order valence-electron chi connectivity index (χ2n) is 7.11. The molecule has 176 valence electrons. The monoisotopic (exact) mass is 507 g/mol. The average molecular weight is 508 g/mol. The third-order valence-corrected chi connectivity index (χ3v) is 6.28. The van der Waals surface area contributed by atoms with E-state index in [0.717, 1.165) is 11.6 Å². The van der Waals surface area contributed by atoms with Gasteiger partial charge in [0, 0.05) is 12.1 Å². The zero-order chi connectivity index (χ0) is 24.5. The number of alkyl halides is 3. The molecule has 0 unspecified atom stereocenters. The highest BCUT2D eigenvalue weighted by molar-refractivity contribution is 7.18. The van der Waals surface area contributed by atoms with E-state index >= 15 is 0 Å². The summed E-state index contributed by atoms with van der Waals surface area (Å²) in [5.41, 5.74) is 1.65. The van der Waals surface area contributed by atoms with Crippen LogP contribution in [0.1, 0.15) is 20.8 Å². The molecule has 0 aliphatic heterocycles. The molecule has 1 N–H and O–H groups in total. The summed E-state index contributed by atoms with van der Waals surface area (Å²) in [4.78, 5) is 19.9. The van der Waals surface area contributed by atoms with Gasteiger partial charge in [-0.25, -0.2) is 14.8 Å². The van der Waals surface area contributed by atoms with Gasteiger partial charge in [0.25, 0.3) is 0 Å². The molecule has 0 radical (unpaired) electrons. The Labute approximate surface area is 201 Å². The second-order valence-corrected chi connectivity index (χ2v) is 8.55. The molecule has 0 atom stereocenters. The fourth-order valence-electron chi connectivity index (χ4n) is 3.20. The number of hydrogen-bond donors (Lipinski definition) is 1. The van der Waals surface area contributed by atoms with Gasteiger partial charge in [0.05, 0.1) is 30.2 Å². The number of halogens is 4. The minimum Gasteiger partial charge on any atom is -0.495 e. The molecule has 11 heteroatoms. The van der Waals surface area contributed by atoms with E-state index in [1.807, 2.05) is 0 Å². The number of nitrogens with zero attached hydrogens (tertiary/aromatic N) is 2. The quantitative estimate of drug-likeness (QED) is 0.303. The minimum absolute atomic E-state index is 0.185. The van der Waals surface area contributed by atoms with Crippen molar-refractivity contribution in [3.8, 4) is 17.1 Å². The third kappa shape index (κ3) is 4.92. The van der Waals surface area contributed by atoms with Crippen LogP contribution in [0.5, 0.6) is 5.75 Å². The maximum Gasteiger partial charge on any atom is 0.425 e. The highest BCUT2D eigenvalue weighted by Crippen LogP contribution is 2.40. The number of hydrogen-bond acceptors (Lipinski definition) is 7. The Hall–Kier alpha value is -3.37. The van der Waals surface area contributed by atoms with E-state index in [9.17, 15) is 18.0 Å². The first kappa shape index (κ1) is 23.8. The van der Waals surface area contributed by atoms with Crippen molar-refractivity contribution >= 4 is 44.9 Å². The summed E-state index contributed by atoms with van der Waals surface area (Å²) >= 11 is 6.72. The molecule has 0 fully saturated rings. The van der Waals surface area contributed by atoms with Crippen molar-refractivity contribution < 1.29 is 27.4 Å². The van der Waals surface area contributed by atoms with Crippen LogP contribution in [-0.2, 0) is 17.5 Å². The largest absolute Gasteiger partial charge is 0.495 e. The predicted molar refractivity (Wildman–Crippen MR) is 125 cm³/mol. The SMILES string of the molecule is COC(=O)c1ccc(-c2nc(NCc3ccc(OC)c(Cl)c3)c3cc(C(F)(F)F)sc3n2)cc1. The van der Waals surface area contributed by atoms with Crippen LogP contribution in [-0.4, -0.2) is 30.2 Å². The summed E-state index contributed by atoms with van der Waals surface area (Å²) in [6, 6.07) is 12.5. The number of nitrogens with one attached hydrogen (secondary N) is 1. The van der Waals surface area contributed by atoms with Gasteiger partial charge in [0.15, 0.2) is 5.82 Å². The van der Waals surface area contributed by atoms with Crippen LogP contribution in [0.15, 0.2) is 48.5 Å². The summed E-state index contributed by atoms with van der Waals surface area (Å²) in [7, 11) is 2.78. The van der Waals surface area contributed by atoms with Crippen molar-refractivity contribution in [3.63, 3.8) is 0 Å². The number of esters is 1. The maximum atomic E-state index is 13.4. The van der Waals surface area contributed by atoms with Crippen LogP contribution in [0.25, 0.3) is 21.6 Å². The Kier molecular flexibility index (Phi) is 6.63. The first-order valence-electron chi connectivity index (χ1n) is 9.83. The number of thiophene rings is 1. The molecule has 2 aromatic carbocycles. The van der Waals surface area contributed by atoms with Gasteiger partial charge in [-0.3, -0.25) is 0 Å². The van der Waals surface area contributed by atoms with Crippen LogP contribution in [0.4, 0.5) is 19.0 Å². The van der Waals surface area contributed by atoms with E-state index in [2.05, 4.69) is 20.0 Å². The lowest BCUT2D eigenvalue weighted by molar-refractivity contribution is -0.134. The number of fused-ring (bicyclic) bond motifs is 1. The normalized spacial score (nSPS) is 11.5. The van der Waals surface area contributed by atoms with E-state index in [-0.39, 0.29) is 28.4 Å². The summed E-state index contributed by atoms with van der Waals surface area (Å²) in [6.45, 7) is 0.258. The fourth-order valence-corrected chi connectivity index (χ4v) is 4.38. The fraction of sp³-hybridized carbons (Fsp3) is 0.174. The van der Waals surface area contributed by atoms with Crippen molar-refractivity contribution in [2.45, 2.75) is 12.7 Å². The number of anilines is 1. The summed E-state index contributed by atoms with van der Waals surface area (Å²) < 4.78 is 50.0. The maximum absolute atomic E-state index is 13.4. The Morgan fingerprint density at radius 1 is 1.09 bits per heavy atom. The van der Waals surface area contributed by atoms with Crippen molar-refractivity contribution in [2.24, 2.45) is 0 Å². The first-order valence-corrected chi connectivity index (χ1v) is 11.0. The van der Waals surface area contributed by atoms with Gasteiger partial charge in [-0.1, -0.05) is 29.8 Å². The Morgan fingerprint density at radius 3 is 2.44 bits per heavy atom. The molecule has 34 heavy (non-hydrogen) atoms. The molecule has 0 aliphatic carbocycles. The average Bonchev–Trinajstić information content (AvgIpc) is 3.27. The predicted octanol–water partition coefficient (Wildman–Crippen LogP) is 6.44. The lowest BCUT2D eigenvalue weighted by atomic mass is 10.1. The van der Waals surface area contributed by atoms with Gasteiger partial charge in [-0.05, 0) is 35.9 Å². The molecule has 2 aromatic heterocycles. The van der Waals surface area contributed by atoms with Crippen LogP contribution in [0, 0.1) is 0 Å². The third-order valence-electron chi connectivity index (χ3n) is 4.91. The van der Waals surface area contributed by atoms with E-state index in [1.54, 1.807) is 30.3 Å². The van der Waals surface area contributed by atoms with E-state index in [4.69, 9.17) is 16.3 Å². The van der Waals surface area contributed by atoms with Crippen LogP contribution < -0.4 is 10.1 Å². The Morgan fingerprint density at radius 2 is 1.82 bits per heavy atom. The van der Waals surface area contributed by atoms with Gasteiger partial charge in [0.1, 0.15) is 21.3 Å². The van der Waals surface area contributed by atoms with Crippen LogP contribution in [0.2, 0.25) is 5.02 Å². The van der Waals surface area contributed by atoms with Crippen LogP contribution >= 0.6 is 22.9 Å². The topological polar surface area (TPSA) is 73.3 Å². The molecule has 2 heterocycles. The molecule has 0 spiro atoms. The molecular formula is C23H17ClF3N3O3S. The van der Waals surface area contributed by atoms with Gasteiger partial charge in [-0.15, -0.1) is 11.3 Å². The highest BCUT2D eigenvalue weighted by atomic mass is 35.5. The van der Waals surface area contributed by atoms with E-state index in [0.29, 0.717) is 33.2 Å². The highest BCUT2D eigenvalue weighted by Gasteiger charge is 2.33. The lowest BCUT2D eigenvalue weighted by Crippen LogP contribution is -2.04. The first-order chi connectivity index (χ1) is 16.2. The number of methoxy groups -OCH3 is 2. The van der Waals surface area contributed by atoms with Crippen molar-refractivity contribution in [1.29, 1.82) is 0 Å². The number of ether oxygens (including phenoxy) is 2. The van der Waals surface area contributed by atoms with Gasteiger partial charge < -0.3 is 14.8 Å². The summed E-state index contributed by atoms with van der Waals surface area (Å²) in [6.07, 6.45) is -4.51. The summed E-state index contributed by atoms with van der Waals surface area (Å²) in [5, 5.41) is 3.77. The molecule has 0 saturated heterocycles. The number of benzene rings is 2. The number of carbonyl (C=O) groups is 1. The van der Waals surface area contributed by atoms with E-state index in [1.165, 1.54) is 26.4 Å². The molecule has 0 aliphatic rings.